The van der Waals surface area contributed by atoms with Crippen molar-refractivity contribution in [1.29, 1.82) is 0 Å². The third-order valence-electron chi connectivity index (χ3n) is 3.62. The Balaban J connectivity index is 1.46. The van der Waals surface area contributed by atoms with Crippen LogP contribution in [-0.4, -0.2) is 18.4 Å². The molecule has 8 heteroatoms. The first-order valence-electron chi connectivity index (χ1n) is 8.30. The number of hydrogen-bond donors (Lipinski definition) is 2. The second kappa shape index (κ2) is 9.43. The highest BCUT2D eigenvalue weighted by atomic mass is 79.9. The van der Waals surface area contributed by atoms with Crippen molar-refractivity contribution in [3.05, 3.63) is 81.7 Å². The topological polar surface area (TPSA) is 80.6 Å². The molecular formula is C20H16BrClN2O4. The average molecular weight is 464 g/mol. The number of benzene rings is 2. The summed E-state index contributed by atoms with van der Waals surface area (Å²) in [4.78, 5) is 24.0. The van der Waals surface area contributed by atoms with Crippen LogP contribution in [0.5, 0.6) is 5.75 Å². The van der Waals surface area contributed by atoms with E-state index in [1.54, 1.807) is 30.3 Å². The van der Waals surface area contributed by atoms with E-state index < -0.39 is 5.91 Å². The molecule has 0 atom stereocenters. The number of anilines is 1. The van der Waals surface area contributed by atoms with E-state index >= 15 is 0 Å². The minimum absolute atomic E-state index is 0.105. The first-order chi connectivity index (χ1) is 13.5. The molecule has 3 aromatic rings. The maximum atomic E-state index is 12.1. The Morgan fingerprint density at radius 1 is 1.00 bits per heavy atom. The Bertz CT molecular complexity index is 955. The Labute approximate surface area is 175 Å². The van der Waals surface area contributed by atoms with Crippen molar-refractivity contribution >= 4 is 45.0 Å². The Morgan fingerprint density at radius 2 is 1.71 bits per heavy atom. The molecule has 0 aliphatic heterocycles. The largest absolute Gasteiger partial charge is 0.486 e. The summed E-state index contributed by atoms with van der Waals surface area (Å²) in [5.74, 6) is 0.444. The molecule has 3 rings (SSSR count). The number of hydrogen-bond acceptors (Lipinski definition) is 4. The molecule has 0 unspecified atom stereocenters. The predicted octanol–water partition coefficient (Wildman–Crippen LogP) is 4.64. The van der Waals surface area contributed by atoms with Crippen LogP contribution in [-0.2, 0) is 11.4 Å². The van der Waals surface area contributed by atoms with Crippen LogP contribution >= 0.6 is 27.5 Å². The van der Waals surface area contributed by atoms with E-state index in [1.165, 1.54) is 6.07 Å². The summed E-state index contributed by atoms with van der Waals surface area (Å²) in [6, 6.07) is 17.2. The molecule has 1 aromatic heterocycles. The highest BCUT2D eigenvalue weighted by molar-refractivity contribution is 9.10. The second-order valence-corrected chi connectivity index (χ2v) is 7.10. The number of rotatable bonds is 7. The van der Waals surface area contributed by atoms with E-state index in [0.717, 1.165) is 4.47 Å². The second-order valence-electron chi connectivity index (χ2n) is 5.75. The summed E-state index contributed by atoms with van der Waals surface area (Å²) >= 11 is 9.15. The van der Waals surface area contributed by atoms with Gasteiger partial charge < -0.3 is 19.8 Å². The van der Waals surface area contributed by atoms with Gasteiger partial charge in [-0.3, -0.25) is 9.59 Å². The molecule has 28 heavy (non-hydrogen) atoms. The molecule has 0 aliphatic carbocycles. The van der Waals surface area contributed by atoms with Crippen LogP contribution in [0.4, 0.5) is 5.69 Å². The Morgan fingerprint density at radius 3 is 2.43 bits per heavy atom. The average Bonchev–Trinajstić information content (AvgIpc) is 3.17. The monoisotopic (exact) mass is 462 g/mol. The van der Waals surface area contributed by atoms with Gasteiger partial charge in [0.2, 0.25) is 5.91 Å². The lowest BCUT2D eigenvalue weighted by atomic mass is 10.3. The van der Waals surface area contributed by atoms with Gasteiger partial charge in [-0.25, -0.2) is 0 Å². The van der Waals surface area contributed by atoms with E-state index in [4.69, 9.17) is 20.8 Å². The fourth-order valence-corrected chi connectivity index (χ4v) is 2.64. The van der Waals surface area contributed by atoms with Gasteiger partial charge in [0, 0.05) is 15.2 Å². The van der Waals surface area contributed by atoms with Crippen molar-refractivity contribution in [1.82, 2.24) is 5.32 Å². The number of furan rings is 1. The number of halogens is 2. The van der Waals surface area contributed by atoms with E-state index in [1.807, 2.05) is 24.3 Å². The lowest BCUT2D eigenvalue weighted by molar-refractivity contribution is -0.115. The smallest absolute Gasteiger partial charge is 0.287 e. The van der Waals surface area contributed by atoms with Gasteiger partial charge in [-0.1, -0.05) is 27.5 Å². The zero-order valence-electron chi connectivity index (χ0n) is 14.6. The molecule has 1 heterocycles. The first-order valence-corrected chi connectivity index (χ1v) is 9.47. The van der Waals surface area contributed by atoms with Crippen LogP contribution in [0.25, 0.3) is 0 Å². The van der Waals surface area contributed by atoms with Crippen molar-refractivity contribution in [2.24, 2.45) is 0 Å². The van der Waals surface area contributed by atoms with Gasteiger partial charge in [-0.05, 0) is 60.7 Å². The lowest BCUT2D eigenvalue weighted by Crippen LogP contribution is -2.32. The van der Waals surface area contributed by atoms with Gasteiger partial charge in [-0.2, -0.15) is 0 Å². The predicted molar refractivity (Wildman–Crippen MR) is 110 cm³/mol. The fourth-order valence-electron chi connectivity index (χ4n) is 2.25. The number of ether oxygens (including phenoxy) is 1. The maximum absolute atomic E-state index is 12.1. The molecule has 0 fully saturated rings. The first kappa shape index (κ1) is 20.0. The molecule has 0 bridgehead atoms. The molecule has 2 amide bonds. The van der Waals surface area contributed by atoms with Crippen LogP contribution in [0.15, 0.2) is 69.6 Å². The minimum Gasteiger partial charge on any atom is -0.486 e. The third-order valence-corrected chi connectivity index (χ3v) is 4.40. The van der Waals surface area contributed by atoms with Gasteiger partial charge in [0.05, 0.1) is 6.54 Å². The van der Waals surface area contributed by atoms with Crippen molar-refractivity contribution in [2.75, 3.05) is 11.9 Å². The van der Waals surface area contributed by atoms with Gasteiger partial charge in [0.25, 0.3) is 5.91 Å². The van der Waals surface area contributed by atoms with Crippen molar-refractivity contribution in [3.63, 3.8) is 0 Å². The molecule has 0 spiro atoms. The SMILES string of the molecule is O=C(CNC(=O)c1ccc(COc2ccc(Br)cc2)o1)Nc1ccc(Cl)cc1. The summed E-state index contributed by atoms with van der Waals surface area (Å²) in [7, 11) is 0. The summed E-state index contributed by atoms with van der Waals surface area (Å²) in [6.07, 6.45) is 0. The molecule has 2 N–H and O–H groups in total. The molecule has 0 saturated heterocycles. The minimum atomic E-state index is -0.485. The number of carbonyl (C=O) groups is 2. The van der Waals surface area contributed by atoms with Crippen LogP contribution in [0, 0.1) is 0 Å². The fraction of sp³-hybridized carbons (Fsp3) is 0.100. The zero-order chi connectivity index (χ0) is 19.9. The quantitative estimate of drug-likeness (QED) is 0.535. The summed E-state index contributed by atoms with van der Waals surface area (Å²) in [5, 5.41) is 5.74. The van der Waals surface area contributed by atoms with Crippen LogP contribution in [0.1, 0.15) is 16.3 Å². The van der Waals surface area contributed by atoms with Crippen molar-refractivity contribution in [3.8, 4) is 5.75 Å². The highest BCUT2D eigenvalue weighted by Crippen LogP contribution is 2.18. The molecule has 144 valence electrons. The van der Waals surface area contributed by atoms with Gasteiger partial charge in [0.1, 0.15) is 18.1 Å². The van der Waals surface area contributed by atoms with Crippen LogP contribution < -0.4 is 15.4 Å². The number of carbonyl (C=O) groups excluding carboxylic acids is 2. The van der Waals surface area contributed by atoms with E-state index in [0.29, 0.717) is 22.2 Å². The Kier molecular flexibility index (Phi) is 6.73. The Hall–Kier alpha value is -2.77. The number of nitrogens with one attached hydrogen (secondary N) is 2. The van der Waals surface area contributed by atoms with E-state index in [9.17, 15) is 9.59 Å². The molecule has 0 saturated carbocycles. The summed E-state index contributed by atoms with van der Waals surface area (Å²) < 4.78 is 12.0. The zero-order valence-corrected chi connectivity index (χ0v) is 16.9. The van der Waals surface area contributed by atoms with Gasteiger partial charge in [0.15, 0.2) is 5.76 Å². The van der Waals surface area contributed by atoms with Crippen molar-refractivity contribution < 1.29 is 18.7 Å². The molecule has 6 nitrogen and oxygen atoms in total. The molecular weight excluding hydrogens is 448 g/mol. The third kappa shape index (κ3) is 5.87. The van der Waals surface area contributed by atoms with Crippen LogP contribution in [0.3, 0.4) is 0 Å². The van der Waals surface area contributed by atoms with E-state index in [2.05, 4.69) is 26.6 Å². The van der Waals surface area contributed by atoms with Gasteiger partial charge in [-0.15, -0.1) is 0 Å². The summed E-state index contributed by atoms with van der Waals surface area (Å²) in [6.45, 7) is -0.00114. The van der Waals surface area contributed by atoms with Crippen molar-refractivity contribution in [2.45, 2.75) is 6.61 Å². The standard InChI is InChI=1S/C20H16BrClN2O4/c21-13-1-7-16(8-2-13)27-12-17-9-10-18(28-17)20(26)23-11-19(25)24-15-5-3-14(22)4-6-15/h1-10H,11-12H2,(H,23,26)(H,24,25). The number of amides is 2. The van der Waals surface area contributed by atoms with Crippen LogP contribution in [0.2, 0.25) is 5.02 Å². The molecule has 0 radical (unpaired) electrons. The molecule has 0 aliphatic rings. The highest BCUT2D eigenvalue weighted by Gasteiger charge is 2.13. The maximum Gasteiger partial charge on any atom is 0.287 e. The summed E-state index contributed by atoms with van der Waals surface area (Å²) in [5.41, 5.74) is 0.592. The molecule has 2 aromatic carbocycles. The van der Waals surface area contributed by atoms with E-state index in [-0.39, 0.29) is 24.8 Å². The lowest BCUT2D eigenvalue weighted by Gasteiger charge is -2.06. The normalized spacial score (nSPS) is 10.4. The van der Waals surface area contributed by atoms with Gasteiger partial charge >= 0.3 is 0 Å².